The molecule has 3 heterocycles. The normalized spacial score (nSPS) is 22.2. The third-order valence-corrected chi connectivity index (χ3v) is 7.60. The van der Waals surface area contributed by atoms with Crippen molar-refractivity contribution in [1.82, 2.24) is 14.8 Å². The van der Waals surface area contributed by atoms with Crippen molar-refractivity contribution in [2.45, 2.75) is 57.5 Å². The number of nitrogens with one attached hydrogen (secondary N) is 1. The van der Waals surface area contributed by atoms with Gasteiger partial charge in [-0.3, -0.25) is 14.4 Å². The minimum Gasteiger partial charge on any atom is -0.483 e. The molecule has 0 radical (unpaired) electrons. The average Bonchev–Trinajstić information content (AvgIpc) is 3.01. The Balaban J connectivity index is 1.58. The third-order valence-electron chi connectivity index (χ3n) is 7.60. The summed E-state index contributed by atoms with van der Waals surface area (Å²) < 4.78 is 34.8. The molecule has 1 aromatic heterocycles. The zero-order valence-corrected chi connectivity index (χ0v) is 21.6. The molecule has 8 nitrogen and oxygen atoms in total. The summed E-state index contributed by atoms with van der Waals surface area (Å²) in [6, 6.07) is 11.2. The van der Waals surface area contributed by atoms with Crippen molar-refractivity contribution >= 4 is 11.8 Å². The number of fused-ring (bicyclic) bond motifs is 4. The van der Waals surface area contributed by atoms with Crippen LogP contribution in [-0.2, 0) is 13.2 Å². The molecule has 2 aliphatic heterocycles. The van der Waals surface area contributed by atoms with Gasteiger partial charge in [-0.1, -0.05) is 36.4 Å². The number of ether oxygens (including phenoxy) is 1. The van der Waals surface area contributed by atoms with E-state index in [1.165, 1.54) is 16.8 Å². The smallest absolute Gasteiger partial charge is 0.274 e. The number of carbonyl (C=O) groups excluding carboxylic acids is 2. The number of pyridine rings is 1. The van der Waals surface area contributed by atoms with Gasteiger partial charge in [-0.05, 0) is 38.3 Å². The first-order chi connectivity index (χ1) is 18.6. The van der Waals surface area contributed by atoms with Crippen molar-refractivity contribution in [3.63, 3.8) is 0 Å². The summed E-state index contributed by atoms with van der Waals surface area (Å²) in [5.41, 5.74) is -1.60. The molecule has 2 bridgehead atoms. The minimum absolute atomic E-state index is 0.0256. The molecule has 2 aliphatic rings. The molecule has 5 rings (SSSR count). The van der Waals surface area contributed by atoms with Gasteiger partial charge < -0.3 is 24.6 Å². The van der Waals surface area contributed by atoms with Crippen LogP contribution in [0.1, 0.15) is 64.7 Å². The van der Waals surface area contributed by atoms with Crippen molar-refractivity contribution in [3.8, 4) is 5.75 Å². The van der Waals surface area contributed by atoms with Gasteiger partial charge in [0.2, 0.25) is 5.43 Å². The van der Waals surface area contributed by atoms with Crippen LogP contribution in [0, 0.1) is 11.6 Å². The first kappa shape index (κ1) is 26.6. The SMILES string of the molecule is C[C@H]1CCC(C)(O)[C@H]2CN1C(=O)c1c(OCc3ccccc3)c(=O)c(C(=O)NCc3ccc(F)cc3F)cn12. The fourth-order valence-corrected chi connectivity index (χ4v) is 5.22. The number of hydrogen-bond donors (Lipinski definition) is 2. The van der Waals surface area contributed by atoms with E-state index in [1.807, 2.05) is 25.1 Å². The van der Waals surface area contributed by atoms with Crippen LogP contribution < -0.4 is 15.5 Å². The second-order valence-corrected chi connectivity index (χ2v) is 10.4. The van der Waals surface area contributed by atoms with E-state index >= 15 is 0 Å². The number of nitrogens with zero attached hydrogens (tertiary/aromatic N) is 2. The van der Waals surface area contributed by atoms with Crippen LogP contribution in [-0.4, -0.2) is 44.6 Å². The quantitative estimate of drug-likeness (QED) is 0.501. The Bertz CT molecular complexity index is 1490. The maximum atomic E-state index is 14.1. The van der Waals surface area contributed by atoms with Crippen molar-refractivity contribution in [1.29, 1.82) is 0 Å². The number of rotatable bonds is 6. The maximum Gasteiger partial charge on any atom is 0.274 e. The highest BCUT2D eigenvalue weighted by Crippen LogP contribution is 2.40. The molecule has 0 saturated carbocycles. The number of amides is 2. The van der Waals surface area contributed by atoms with Gasteiger partial charge in [0.15, 0.2) is 11.4 Å². The lowest BCUT2D eigenvalue weighted by Crippen LogP contribution is -2.51. The summed E-state index contributed by atoms with van der Waals surface area (Å²) in [6.07, 6.45) is 2.23. The van der Waals surface area contributed by atoms with E-state index in [0.29, 0.717) is 18.9 Å². The largest absolute Gasteiger partial charge is 0.483 e. The van der Waals surface area contributed by atoms with Crippen LogP contribution in [0.4, 0.5) is 8.78 Å². The molecule has 39 heavy (non-hydrogen) atoms. The Labute approximate surface area is 223 Å². The molecule has 2 N–H and O–H groups in total. The van der Waals surface area contributed by atoms with Crippen LogP contribution >= 0.6 is 0 Å². The number of benzene rings is 2. The van der Waals surface area contributed by atoms with E-state index in [9.17, 15) is 28.3 Å². The van der Waals surface area contributed by atoms with Crippen LogP contribution in [0.5, 0.6) is 5.75 Å². The molecule has 0 aliphatic carbocycles. The van der Waals surface area contributed by atoms with E-state index in [1.54, 1.807) is 24.0 Å². The van der Waals surface area contributed by atoms with Crippen molar-refractivity contribution in [3.05, 3.63) is 99.0 Å². The van der Waals surface area contributed by atoms with E-state index < -0.39 is 40.5 Å². The molecule has 1 fully saturated rings. The highest BCUT2D eigenvalue weighted by atomic mass is 19.1. The van der Waals surface area contributed by atoms with Gasteiger partial charge in [-0.2, -0.15) is 0 Å². The first-order valence-electron chi connectivity index (χ1n) is 12.8. The van der Waals surface area contributed by atoms with Gasteiger partial charge in [0.25, 0.3) is 11.8 Å². The summed E-state index contributed by atoms with van der Waals surface area (Å²) in [5.74, 6) is -3.11. The minimum atomic E-state index is -1.24. The molecule has 3 aromatic rings. The van der Waals surface area contributed by atoms with E-state index in [2.05, 4.69) is 5.32 Å². The fourth-order valence-electron chi connectivity index (χ4n) is 5.22. The Hall–Kier alpha value is -4.05. The first-order valence-corrected chi connectivity index (χ1v) is 12.8. The van der Waals surface area contributed by atoms with Crippen LogP contribution in [0.3, 0.4) is 0 Å². The summed E-state index contributed by atoms with van der Waals surface area (Å²) in [7, 11) is 0. The van der Waals surface area contributed by atoms with E-state index in [-0.39, 0.29) is 48.3 Å². The number of aromatic nitrogens is 1. The molecule has 2 aromatic carbocycles. The Morgan fingerprint density at radius 2 is 1.92 bits per heavy atom. The number of carbonyl (C=O) groups is 2. The van der Waals surface area contributed by atoms with Gasteiger partial charge >= 0.3 is 0 Å². The predicted octanol–water partition coefficient (Wildman–Crippen LogP) is 3.57. The molecule has 10 heteroatoms. The van der Waals surface area contributed by atoms with Crippen LogP contribution in [0.25, 0.3) is 0 Å². The summed E-state index contributed by atoms with van der Waals surface area (Å²) >= 11 is 0. The highest BCUT2D eigenvalue weighted by molar-refractivity contribution is 5.99. The molecule has 1 saturated heterocycles. The Morgan fingerprint density at radius 1 is 1.18 bits per heavy atom. The van der Waals surface area contributed by atoms with E-state index in [4.69, 9.17) is 4.74 Å². The second kappa shape index (κ2) is 10.3. The number of aliphatic hydroxyl groups is 1. The summed E-state index contributed by atoms with van der Waals surface area (Å²) in [4.78, 5) is 42.2. The molecule has 2 amide bonds. The van der Waals surface area contributed by atoms with Crippen LogP contribution in [0.15, 0.2) is 59.5 Å². The lowest BCUT2D eigenvalue weighted by Gasteiger charge is -2.41. The van der Waals surface area contributed by atoms with Gasteiger partial charge in [-0.25, -0.2) is 8.78 Å². The van der Waals surface area contributed by atoms with Gasteiger partial charge in [0.1, 0.15) is 23.8 Å². The molecular formula is C29H29F2N3O5. The topological polar surface area (TPSA) is 101 Å². The monoisotopic (exact) mass is 537 g/mol. The van der Waals surface area contributed by atoms with Gasteiger partial charge in [0.05, 0.1) is 11.6 Å². The zero-order valence-electron chi connectivity index (χ0n) is 21.6. The highest BCUT2D eigenvalue weighted by Gasteiger charge is 2.47. The Morgan fingerprint density at radius 3 is 2.64 bits per heavy atom. The molecular weight excluding hydrogens is 508 g/mol. The summed E-state index contributed by atoms with van der Waals surface area (Å²) in [5, 5.41) is 13.9. The molecule has 1 unspecified atom stereocenters. The number of hydrogen-bond acceptors (Lipinski definition) is 5. The van der Waals surface area contributed by atoms with Gasteiger partial charge in [-0.15, -0.1) is 0 Å². The van der Waals surface area contributed by atoms with Crippen LogP contribution in [0.2, 0.25) is 0 Å². The second-order valence-electron chi connectivity index (χ2n) is 10.4. The zero-order chi connectivity index (χ0) is 27.9. The van der Waals surface area contributed by atoms with Gasteiger partial charge in [0, 0.05) is 37.0 Å². The van der Waals surface area contributed by atoms with Crippen molar-refractivity contribution in [2.75, 3.05) is 6.54 Å². The summed E-state index contributed by atoms with van der Waals surface area (Å²) in [6.45, 7) is 3.44. The average molecular weight is 538 g/mol. The predicted molar refractivity (Wildman–Crippen MR) is 138 cm³/mol. The maximum absolute atomic E-state index is 14.1. The van der Waals surface area contributed by atoms with E-state index in [0.717, 1.165) is 11.6 Å². The standard InChI is InChI=1S/C29H29F2N3O5/c1-17-10-11-29(2,38)23-15-33(17)28(37)24-26(39-16-18-6-4-3-5-7-18)25(35)21(14-34(23)24)27(36)32-13-19-8-9-20(30)12-22(19)31/h3-9,12,14,17,23,38H,10-11,13,15-16H2,1-2H3,(H,32,36)/t17-,23+,29?/m0/s1. The third kappa shape index (κ3) is 5.04. The molecule has 3 atom stereocenters. The Kier molecular flexibility index (Phi) is 6.98. The molecule has 204 valence electrons. The fraction of sp³-hybridized carbons (Fsp3) is 0.345. The lowest BCUT2D eigenvalue weighted by molar-refractivity contribution is -0.00855. The number of halogens is 2. The molecule has 0 spiro atoms. The lowest BCUT2D eigenvalue weighted by atomic mass is 9.90. The van der Waals surface area contributed by atoms with Crippen molar-refractivity contribution < 1.29 is 28.2 Å². The van der Waals surface area contributed by atoms with Crippen molar-refractivity contribution in [2.24, 2.45) is 0 Å².